The lowest BCUT2D eigenvalue weighted by Gasteiger charge is -2.08. The molecule has 0 spiro atoms. The van der Waals surface area contributed by atoms with Gasteiger partial charge >= 0.3 is 5.97 Å². The number of hydrogen-bond donors (Lipinski definition) is 2. The summed E-state index contributed by atoms with van der Waals surface area (Å²) in [6.45, 7) is 2.53. The van der Waals surface area contributed by atoms with Crippen LogP contribution in [-0.4, -0.2) is 28.0 Å². The number of esters is 1. The van der Waals surface area contributed by atoms with Gasteiger partial charge in [0.2, 0.25) is 0 Å². The molecule has 0 saturated carbocycles. The van der Waals surface area contributed by atoms with Crippen molar-refractivity contribution in [2.75, 3.05) is 17.7 Å². The van der Waals surface area contributed by atoms with Gasteiger partial charge in [0.25, 0.3) is 0 Å². The molecule has 3 aromatic rings. The minimum atomic E-state index is -0.409. The number of thiophene rings is 1. The molecule has 2 heterocycles. The SMILES string of the molecule is CCc1cc(C(=O)OC)c(NC(=S)Nc2cnn(Cc3ccc(F)cc3)c2)s1. The molecule has 0 aliphatic heterocycles. The van der Waals surface area contributed by atoms with Crippen LogP contribution in [0.15, 0.2) is 42.7 Å². The first-order valence-corrected chi connectivity index (χ1v) is 9.77. The van der Waals surface area contributed by atoms with Gasteiger partial charge in [-0.1, -0.05) is 19.1 Å². The lowest BCUT2D eigenvalue weighted by molar-refractivity contribution is 0.0602. The van der Waals surface area contributed by atoms with Gasteiger partial charge in [-0.05, 0) is 42.4 Å². The van der Waals surface area contributed by atoms with Gasteiger partial charge in [-0.2, -0.15) is 5.10 Å². The molecule has 0 aliphatic rings. The van der Waals surface area contributed by atoms with Gasteiger partial charge in [-0.15, -0.1) is 11.3 Å². The number of aryl methyl sites for hydroxylation is 1. The first-order chi connectivity index (χ1) is 13.5. The van der Waals surface area contributed by atoms with Crippen LogP contribution in [0, 0.1) is 5.82 Å². The standard InChI is InChI=1S/C19H19FN4O2S2/c1-3-15-8-16(18(25)26-2)17(28-15)23-19(27)22-14-9-21-24(11-14)10-12-4-6-13(20)7-5-12/h4-9,11H,3,10H2,1-2H3,(H2,22,23,27). The Kier molecular flexibility index (Phi) is 6.37. The average Bonchev–Trinajstić information content (AvgIpc) is 3.29. The van der Waals surface area contributed by atoms with Crippen molar-refractivity contribution in [3.05, 3.63) is 64.5 Å². The van der Waals surface area contributed by atoms with E-state index < -0.39 is 5.97 Å². The van der Waals surface area contributed by atoms with Crippen LogP contribution < -0.4 is 10.6 Å². The van der Waals surface area contributed by atoms with Gasteiger partial charge in [0, 0.05) is 11.1 Å². The fraction of sp³-hybridized carbons (Fsp3) is 0.211. The van der Waals surface area contributed by atoms with Crippen LogP contribution in [0.2, 0.25) is 0 Å². The molecule has 0 saturated heterocycles. The number of hydrogen-bond acceptors (Lipinski definition) is 5. The maximum Gasteiger partial charge on any atom is 0.340 e. The summed E-state index contributed by atoms with van der Waals surface area (Å²) in [5, 5.41) is 11.4. The third kappa shape index (κ3) is 4.93. The number of benzene rings is 1. The van der Waals surface area contributed by atoms with Crippen LogP contribution in [0.5, 0.6) is 0 Å². The summed E-state index contributed by atoms with van der Waals surface area (Å²) in [4.78, 5) is 13.0. The highest BCUT2D eigenvalue weighted by Crippen LogP contribution is 2.29. The van der Waals surface area contributed by atoms with Crippen molar-refractivity contribution in [2.45, 2.75) is 19.9 Å². The molecule has 146 valence electrons. The van der Waals surface area contributed by atoms with Crippen LogP contribution in [0.25, 0.3) is 0 Å². The summed E-state index contributed by atoms with van der Waals surface area (Å²) in [5.74, 6) is -0.678. The van der Waals surface area contributed by atoms with Crippen molar-refractivity contribution >= 4 is 45.3 Å². The number of halogens is 1. The van der Waals surface area contributed by atoms with E-state index in [-0.39, 0.29) is 5.82 Å². The van der Waals surface area contributed by atoms with E-state index >= 15 is 0 Å². The molecule has 0 amide bonds. The van der Waals surface area contributed by atoms with Crippen LogP contribution in [0.3, 0.4) is 0 Å². The molecule has 0 atom stereocenters. The highest BCUT2D eigenvalue weighted by Gasteiger charge is 2.17. The second-order valence-electron chi connectivity index (χ2n) is 5.93. The van der Waals surface area contributed by atoms with Crippen molar-refractivity contribution in [3.63, 3.8) is 0 Å². The summed E-state index contributed by atoms with van der Waals surface area (Å²) < 4.78 is 19.5. The number of aromatic nitrogens is 2. The first-order valence-electron chi connectivity index (χ1n) is 8.54. The molecule has 0 fully saturated rings. The number of thiocarbonyl (C=S) groups is 1. The minimum Gasteiger partial charge on any atom is -0.465 e. The second kappa shape index (κ2) is 8.94. The molecule has 9 heteroatoms. The predicted molar refractivity (Wildman–Crippen MR) is 113 cm³/mol. The van der Waals surface area contributed by atoms with Gasteiger partial charge in [-0.3, -0.25) is 4.68 Å². The van der Waals surface area contributed by atoms with Gasteiger partial charge in [-0.25, -0.2) is 9.18 Å². The molecule has 0 aliphatic carbocycles. The molecule has 0 unspecified atom stereocenters. The predicted octanol–water partition coefficient (Wildman–Crippen LogP) is 4.29. The number of methoxy groups -OCH3 is 1. The van der Waals surface area contributed by atoms with Gasteiger partial charge in [0.15, 0.2) is 5.11 Å². The number of ether oxygens (including phenoxy) is 1. The highest BCUT2D eigenvalue weighted by atomic mass is 32.1. The Morgan fingerprint density at radius 1 is 1.32 bits per heavy atom. The van der Waals surface area contributed by atoms with E-state index in [9.17, 15) is 9.18 Å². The molecule has 2 aromatic heterocycles. The van der Waals surface area contributed by atoms with E-state index in [1.807, 2.05) is 13.0 Å². The molecular formula is C19H19FN4O2S2. The molecule has 6 nitrogen and oxygen atoms in total. The summed E-state index contributed by atoms with van der Waals surface area (Å²) >= 11 is 6.81. The molecular weight excluding hydrogens is 399 g/mol. The van der Waals surface area contributed by atoms with Crippen molar-refractivity contribution in [2.24, 2.45) is 0 Å². The molecule has 3 rings (SSSR count). The fourth-order valence-electron chi connectivity index (χ4n) is 2.53. The van der Waals surface area contributed by atoms with Gasteiger partial charge in [0.1, 0.15) is 10.8 Å². The number of anilines is 2. The fourth-order valence-corrected chi connectivity index (χ4v) is 3.80. The summed E-state index contributed by atoms with van der Waals surface area (Å²) in [5.41, 5.74) is 2.09. The van der Waals surface area contributed by atoms with Crippen molar-refractivity contribution < 1.29 is 13.9 Å². The third-order valence-corrected chi connectivity index (χ3v) is 5.31. The quantitative estimate of drug-likeness (QED) is 0.460. The Balaban J connectivity index is 1.64. The van der Waals surface area contributed by atoms with E-state index in [1.165, 1.54) is 30.6 Å². The van der Waals surface area contributed by atoms with Crippen LogP contribution in [0.1, 0.15) is 27.7 Å². The van der Waals surface area contributed by atoms with Crippen LogP contribution in [0.4, 0.5) is 15.1 Å². The maximum atomic E-state index is 13.0. The Labute approximate surface area is 171 Å². The topological polar surface area (TPSA) is 68.2 Å². The number of nitrogens with one attached hydrogen (secondary N) is 2. The van der Waals surface area contributed by atoms with E-state index in [0.717, 1.165) is 16.9 Å². The van der Waals surface area contributed by atoms with Gasteiger partial charge < -0.3 is 15.4 Å². The largest absolute Gasteiger partial charge is 0.465 e. The maximum absolute atomic E-state index is 13.0. The van der Waals surface area contributed by atoms with Crippen molar-refractivity contribution in [1.82, 2.24) is 9.78 Å². The normalized spacial score (nSPS) is 10.5. The smallest absolute Gasteiger partial charge is 0.340 e. The Hall–Kier alpha value is -2.78. The number of nitrogens with zero attached hydrogens (tertiary/aromatic N) is 2. The first kappa shape index (κ1) is 20.0. The number of carbonyl (C=O) groups excluding carboxylic acids is 1. The zero-order chi connectivity index (χ0) is 20.1. The van der Waals surface area contributed by atoms with Crippen molar-refractivity contribution in [3.8, 4) is 0 Å². The Bertz CT molecular complexity index is 982. The Morgan fingerprint density at radius 3 is 2.75 bits per heavy atom. The van der Waals surface area contributed by atoms with E-state index in [4.69, 9.17) is 17.0 Å². The molecule has 2 N–H and O–H groups in total. The van der Waals surface area contributed by atoms with Gasteiger partial charge in [0.05, 0.1) is 31.1 Å². The van der Waals surface area contributed by atoms with Crippen molar-refractivity contribution in [1.29, 1.82) is 0 Å². The zero-order valence-electron chi connectivity index (χ0n) is 15.4. The van der Waals surface area contributed by atoms with Crippen LogP contribution in [-0.2, 0) is 17.7 Å². The number of carbonyl (C=O) groups is 1. The minimum absolute atomic E-state index is 0.269. The second-order valence-corrected chi connectivity index (χ2v) is 7.48. The monoisotopic (exact) mass is 418 g/mol. The summed E-state index contributed by atoms with van der Waals surface area (Å²) in [6.07, 6.45) is 4.25. The number of rotatable bonds is 6. The lowest BCUT2D eigenvalue weighted by Crippen LogP contribution is -2.19. The van der Waals surface area contributed by atoms with E-state index in [0.29, 0.717) is 27.9 Å². The van der Waals surface area contributed by atoms with E-state index in [2.05, 4.69) is 15.7 Å². The Morgan fingerprint density at radius 2 is 2.07 bits per heavy atom. The van der Waals surface area contributed by atoms with E-state index in [1.54, 1.807) is 29.2 Å². The van der Waals surface area contributed by atoms with Crippen LogP contribution >= 0.6 is 23.6 Å². The third-order valence-electron chi connectivity index (χ3n) is 3.91. The lowest BCUT2D eigenvalue weighted by atomic mass is 10.2. The highest BCUT2D eigenvalue weighted by molar-refractivity contribution is 7.80. The summed E-state index contributed by atoms with van der Waals surface area (Å²) in [7, 11) is 1.35. The molecule has 28 heavy (non-hydrogen) atoms. The summed E-state index contributed by atoms with van der Waals surface area (Å²) in [6, 6.07) is 8.07. The zero-order valence-corrected chi connectivity index (χ0v) is 17.0. The average molecular weight is 419 g/mol. The molecule has 0 bridgehead atoms. The molecule has 1 aromatic carbocycles. The molecule has 0 radical (unpaired) electrons.